The van der Waals surface area contributed by atoms with Gasteiger partial charge in [0.15, 0.2) is 0 Å². The van der Waals surface area contributed by atoms with E-state index < -0.39 is 0 Å². The van der Waals surface area contributed by atoms with Crippen molar-refractivity contribution in [3.63, 3.8) is 0 Å². The fourth-order valence-corrected chi connectivity index (χ4v) is 2.17. The minimum absolute atomic E-state index is 0.0997. The molecule has 1 heterocycles. The van der Waals surface area contributed by atoms with Crippen molar-refractivity contribution in [2.75, 3.05) is 13.6 Å². The Morgan fingerprint density at radius 1 is 1.29 bits per heavy atom. The van der Waals surface area contributed by atoms with Crippen molar-refractivity contribution in [3.8, 4) is 0 Å². The summed E-state index contributed by atoms with van der Waals surface area (Å²) < 4.78 is 2.02. The SMILES string of the molecule is CNCCCC(=O)NCc1ccccc1Cn1ccnc1. The lowest BCUT2D eigenvalue weighted by Crippen LogP contribution is -2.24. The van der Waals surface area contributed by atoms with Crippen LogP contribution in [-0.4, -0.2) is 29.1 Å². The van der Waals surface area contributed by atoms with Crippen LogP contribution in [0, 0.1) is 0 Å². The van der Waals surface area contributed by atoms with Crippen LogP contribution in [0.4, 0.5) is 0 Å². The van der Waals surface area contributed by atoms with Crippen molar-refractivity contribution in [1.29, 1.82) is 0 Å². The topological polar surface area (TPSA) is 59.0 Å². The monoisotopic (exact) mass is 286 g/mol. The van der Waals surface area contributed by atoms with Gasteiger partial charge in [0.05, 0.1) is 6.33 Å². The summed E-state index contributed by atoms with van der Waals surface area (Å²) in [6, 6.07) is 8.16. The van der Waals surface area contributed by atoms with Crippen molar-refractivity contribution in [3.05, 3.63) is 54.1 Å². The number of benzene rings is 1. The molecule has 0 aliphatic carbocycles. The van der Waals surface area contributed by atoms with Crippen LogP contribution in [0.3, 0.4) is 0 Å². The predicted octanol–water partition coefficient (Wildman–Crippen LogP) is 1.55. The Hall–Kier alpha value is -2.14. The Morgan fingerprint density at radius 2 is 2.10 bits per heavy atom. The molecule has 112 valence electrons. The number of aromatic nitrogens is 2. The molecule has 0 fully saturated rings. The summed E-state index contributed by atoms with van der Waals surface area (Å²) in [5.41, 5.74) is 2.35. The number of carbonyl (C=O) groups is 1. The van der Waals surface area contributed by atoms with Crippen molar-refractivity contribution < 1.29 is 4.79 Å². The first-order chi connectivity index (χ1) is 10.3. The lowest BCUT2D eigenvalue weighted by atomic mass is 10.1. The third-order valence-corrected chi connectivity index (χ3v) is 3.34. The molecule has 0 unspecified atom stereocenters. The zero-order valence-corrected chi connectivity index (χ0v) is 12.4. The van der Waals surface area contributed by atoms with Crippen LogP contribution < -0.4 is 10.6 Å². The first-order valence-corrected chi connectivity index (χ1v) is 7.23. The molecule has 1 amide bonds. The van der Waals surface area contributed by atoms with Gasteiger partial charge in [0.2, 0.25) is 5.91 Å². The van der Waals surface area contributed by atoms with E-state index in [1.807, 2.05) is 29.9 Å². The molecule has 0 saturated heterocycles. The van der Waals surface area contributed by atoms with Crippen LogP contribution in [0.5, 0.6) is 0 Å². The number of nitrogens with one attached hydrogen (secondary N) is 2. The van der Waals surface area contributed by atoms with Crippen LogP contribution in [0.1, 0.15) is 24.0 Å². The second-order valence-corrected chi connectivity index (χ2v) is 4.99. The van der Waals surface area contributed by atoms with Gasteiger partial charge in [-0.15, -0.1) is 0 Å². The second-order valence-electron chi connectivity index (χ2n) is 4.99. The first kappa shape index (κ1) is 15.3. The maximum absolute atomic E-state index is 11.8. The maximum atomic E-state index is 11.8. The van der Waals surface area contributed by atoms with Gasteiger partial charge in [0.1, 0.15) is 0 Å². The Bertz CT molecular complexity index is 551. The van der Waals surface area contributed by atoms with Gasteiger partial charge in [0, 0.05) is 31.9 Å². The fourth-order valence-electron chi connectivity index (χ4n) is 2.17. The van der Waals surface area contributed by atoms with E-state index in [1.165, 1.54) is 5.56 Å². The number of carbonyl (C=O) groups excluding carboxylic acids is 1. The van der Waals surface area contributed by atoms with E-state index in [1.54, 1.807) is 12.5 Å². The largest absolute Gasteiger partial charge is 0.352 e. The Morgan fingerprint density at radius 3 is 2.81 bits per heavy atom. The minimum atomic E-state index is 0.0997. The number of nitrogens with zero attached hydrogens (tertiary/aromatic N) is 2. The summed E-state index contributed by atoms with van der Waals surface area (Å²) in [5, 5.41) is 6.03. The third-order valence-electron chi connectivity index (χ3n) is 3.34. The van der Waals surface area contributed by atoms with E-state index in [9.17, 15) is 4.79 Å². The lowest BCUT2D eigenvalue weighted by molar-refractivity contribution is -0.121. The van der Waals surface area contributed by atoms with Gasteiger partial charge < -0.3 is 15.2 Å². The molecule has 0 aliphatic rings. The molecule has 0 saturated carbocycles. The van der Waals surface area contributed by atoms with Crippen LogP contribution >= 0.6 is 0 Å². The van der Waals surface area contributed by atoms with E-state index in [0.29, 0.717) is 13.0 Å². The molecule has 2 rings (SSSR count). The predicted molar refractivity (Wildman–Crippen MR) is 82.8 cm³/mol. The third kappa shape index (κ3) is 5.04. The zero-order valence-electron chi connectivity index (χ0n) is 12.4. The summed E-state index contributed by atoms with van der Waals surface area (Å²) in [6.07, 6.45) is 6.93. The molecule has 2 aromatic rings. The van der Waals surface area contributed by atoms with Crippen molar-refractivity contribution in [2.45, 2.75) is 25.9 Å². The van der Waals surface area contributed by atoms with Gasteiger partial charge in [0.25, 0.3) is 0 Å². The molecule has 21 heavy (non-hydrogen) atoms. The highest BCUT2D eigenvalue weighted by Gasteiger charge is 2.05. The Balaban J connectivity index is 1.89. The summed E-state index contributed by atoms with van der Waals surface area (Å²) >= 11 is 0. The highest BCUT2D eigenvalue weighted by molar-refractivity contribution is 5.75. The van der Waals surface area contributed by atoms with E-state index >= 15 is 0 Å². The van der Waals surface area contributed by atoms with E-state index in [4.69, 9.17) is 0 Å². The van der Waals surface area contributed by atoms with Gasteiger partial charge >= 0.3 is 0 Å². The summed E-state index contributed by atoms with van der Waals surface area (Å²) in [5.74, 6) is 0.0997. The number of imidazole rings is 1. The normalized spacial score (nSPS) is 10.5. The van der Waals surface area contributed by atoms with Crippen LogP contribution in [0.2, 0.25) is 0 Å². The molecule has 5 heteroatoms. The summed E-state index contributed by atoms with van der Waals surface area (Å²) in [6.45, 7) is 2.21. The standard InChI is InChI=1S/C16H22N4O/c1-17-8-4-7-16(21)19-11-14-5-2-3-6-15(14)12-20-10-9-18-13-20/h2-3,5-6,9-10,13,17H,4,7-8,11-12H2,1H3,(H,19,21). The maximum Gasteiger partial charge on any atom is 0.220 e. The number of hydrogen-bond acceptors (Lipinski definition) is 3. The Kier molecular flexibility index (Phi) is 5.97. The average Bonchev–Trinajstić information content (AvgIpc) is 3.00. The molecule has 1 aromatic carbocycles. The van der Waals surface area contributed by atoms with Gasteiger partial charge in [-0.3, -0.25) is 4.79 Å². The van der Waals surface area contributed by atoms with Crippen LogP contribution in [0.25, 0.3) is 0 Å². The average molecular weight is 286 g/mol. The smallest absolute Gasteiger partial charge is 0.220 e. The molecule has 0 bridgehead atoms. The molecule has 0 spiro atoms. The molecule has 5 nitrogen and oxygen atoms in total. The second kappa shape index (κ2) is 8.21. The van der Waals surface area contributed by atoms with Gasteiger partial charge in [-0.2, -0.15) is 0 Å². The molecular formula is C16H22N4O. The lowest BCUT2D eigenvalue weighted by Gasteiger charge is -2.11. The molecule has 1 aromatic heterocycles. The van der Waals surface area contributed by atoms with Crippen molar-refractivity contribution >= 4 is 5.91 Å². The molecule has 0 radical (unpaired) electrons. The molecular weight excluding hydrogens is 264 g/mol. The molecule has 0 aliphatic heterocycles. The highest BCUT2D eigenvalue weighted by Crippen LogP contribution is 2.10. The number of hydrogen-bond donors (Lipinski definition) is 2. The molecule has 0 atom stereocenters. The number of rotatable bonds is 8. The van der Waals surface area contributed by atoms with Crippen molar-refractivity contribution in [2.24, 2.45) is 0 Å². The van der Waals surface area contributed by atoms with Gasteiger partial charge in [-0.1, -0.05) is 24.3 Å². The van der Waals surface area contributed by atoms with E-state index in [-0.39, 0.29) is 5.91 Å². The van der Waals surface area contributed by atoms with E-state index in [0.717, 1.165) is 25.1 Å². The van der Waals surface area contributed by atoms with Crippen molar-refractivity contribution in [1.82, 2.24) is 20.2 Å². The summed E-state index contributed by atoms with van der Waals surface area (Å²) in [7, 11) is 1.89. The van der Waals surface area contributed by atoms with Gasteiger partial charge in [-0.25, -0.2) is 4.98 Å². The van der Waals surface area contributed by atoms with E-state index in [2.05, 4.69) is 27.8 Å². The Labute approximate surface area is 125 Å². The number of amides is 1. The zero-order chi connectivity index (χ0) is 14.9. The fraction of sp³-hybridized carbons (Fsp3) is 0.375. The van der Waals surface area contributed by atoms with Gasteiger partial charge in [-0.05, 0) is 31.1 Å². The highest BCUT2D eigenvalue weighted by atomic mass is 16.1. The molecule has 2 N–H and O–H groups in total. The minimum Gasteiger partial charge on any atom is -0.352 e. The quantitative estimate of drug-likeness (QED) is 0.724. The first-order valence-electron chi connectivity index (χ1n) is 7.23. The summed E-state index contributed by atoms with van der Waals surface area (Å²) in [4.78, 5) is 15.8. The van der Waals surface area contributed by atoms with Crippen LogP contribution in [-0.2, 0) is 17.9 Å². The van der Waals surface area contributed by atoms with Crippen LogP contribution in [0.15, 0.2) is 43.0 Å².